The summed E-state index contributed by atoms with van der Waals surface area (Å²) in [6, 6.07) is 4.44. The highest BCUT2D eigenvalue weighted by Gasteiger charge is 2.30. The molecule has 1 aromatic rings. The molecular formula is C15H23N3O2. The second-order valence-corrected chi connectivity index (χ2v) is 5.63. The molecular weight excluding hydrogens is 254 g/mol. The van der Waals surface area contributed by atoms with Crippen LogP contribution in [-0.4, -0.2) is 60.4 Å². The van der Waals surface area contributed by atoms with E-state index >= 15 is 0 Å². The molecule has 2 unspecified atom stereocenters. The fourth-order valence-corrected chi connectivity index (χ4v) is 3.17. The number of aromatic nitrogens is 1. The minimum Gasteiger partial charge on any atom is -0.389 e. The zero-order valence-electron chi connectivity index (χ0n) is 12.0. The zero-order valence-corrected chi connectivity index (χ0v) is 12.0. The van der Waals surface area contributed by atoms with Crippen molar-refractivity contribution in [1.29, 1.82) is 0 Å². The van der Waals surface area contributed by atoms with Crippen molar-refractivity contribution in [3.05, 3.63) is 23.9 Å². The molecule has 0 spiro atoms. The molecule has 2 aliphatic rings. The molecule has 0 amide bonds. The first-order valence-corrected chi connectivity index (χ1v) is 7.45. The van der Waals surface area contributed by atoms with Crippen LogP contribution in [0.2, 0.25) is 0 Å². The van der Waals surface area contributed by atoms with E-state index in [9.17, 15) is 5.11 Å². The van der Waals surface area contributed by atoms with Crippen molar-refractivity contribution in [2.45, 2.75) is 25.5 Å². The number of hydrogen-bond donors (Lipinski definition) is 1. The highest BCUT2D eigenvalue weighted by atomic mass is 16.5. The second-order valence-electron chi connectivity index (χ2n) is 5.63. The lowest BCUT2D eigenvalue weighted by Gasteiger charge is -2.32. The molecule has 0 aliphatic carbocycles. The summed E-state index contributed by atoms with van der Waals surface area (Å²) < 4.78 is 5.42. The number of aliphatic hydroxyl groups excluding tert-OH is 1. The van der Waals surface area contributed by atoms with Gasteiger partial charge in [-0.3, -0.25) is 4.90 Å². The van der Waals surface area contributed by atoms with Crippen LogP contribution in [-0.2, 0) is 4.74 Å². The Morgan fingerprint density at radius 1 is 1.35 bits per heavy atom. The maximum atomic E-state index is 9.89. The van der Waals surface area contributed by atoms with E-state index in [0.29, 0.717) is 6.04 Å². The molecule has 0 bridgehead atoms. The first kappa shape index (κ1) is 13.8. The highest BCUT2D eigenvalue weighted by molar-refractivity contribution is 5.49. The van der Waals surface area contributed by atoms with Crippen molar-refractivity contribution in [3.63, 3.8) is 0 Å². The van der Waals surface area contributed by atoms with Crippen molar-refractivity contribution < 1.29 is 9.84 Å². The van der Waals surface area contributed by atoms with Gasteiger partial charge in [-0.1, -0.05) is 6.07 Å². The molecule has 0 aromatic carbocycles. The number of ether oxygens (including phenoxy) is 1. The summed E-state index contributed by atoms with van der Waals surface area (Å²) in [4.78, 5) is 9.31. The van der Waals surface area contributed by atoms with Crippen LogP contribution in [0.15, 0.2) is 18.3 Å². The molecule has 20 heavy (non-hydrogen) atoms. The topological polar surface area (TPSA) is 48.8 Å². The Bertz CT molecular complexity index is 446. The Balaban J connectivity index is 1.70. The van der Waals surface area contributed by atoms with Crippen molar-refractivity contribution >= 4 is 5.82 Å². The normalized spacial score (nSPS) is 25.9. The quantitative estimate of drug-likeness (QED) is 0.895. The molecule has 1 N–H and O–H groups in total. The van der Waals surface area contributed by atoms with Gasteiger partial charge in [0.1, 0.15) is 5.82 Å². The van der Waals surface area contributed by atoms with Crippen LogP contribution < -0.4 is 4.90 Å². The van der Waals surface area contributed by atoms with E-state index < -0.39 is 6.10 Å². The maximum absolute atomic E-state index is 9.89. The number of aliphatic hydroxyl groups is 1. The molecule has 0 radical (unpaired) electrons. The summed E-state index contributed by atoms with van der Waals surface area (Å²) in [7, 11) is 0. The van der Waals surface area contributed by atoms with Crippen molar-refractivity contribution in [2.75, 3.05) is 44.3 Å². The average molecular weight is 277 g/mol. The van der Waals surface area contributed by atoms with Gasteiger partial charge in [0.2, 0.25) is 0 Å². The fraction of sp³-hybridized carbons (Fsp3) is 0.667. The van der Waals surface area contributed by atoms with E-state index in [0.717, 1.165) is 57.2 Å². The van der Waals surface area contributed by atoms with E-state index in [4.69, 9.17) is 4.74 Å². The van der Waals surface area contributed by atoms with Crippen LogP contribution in [0.25, 0.3) is 0 Å². The van der Waals surface area contributed by atoms with Gasteiger partial charge >= 0.3 is 0 Å². The zero-order chi connectivity index (χ0) is 13.9. The Labute approximate surface area is 120 Å². The molecule has 2 atom stereocenters. The van der Waals surface area contributed by atoms with Crippen LogP contribution in [0.1, 0.15) is 25.0 Å². The van der Waals surface area contributed by atoms with E-state index in [1.54, 1.807) is 6.92 Å². The SMILES string of the molecule is CC(O)c1cccnc1N1CCC(N2CCOCC2)C1. The van der Waals surface area contributed by atoms with E-state index in [1.165, 1.54) is 0 Å². The molecule has 110 valence electrons. The number of hydrogen-bond acceptors (Lipinski definition) is 5. The Morgan fingerprint density at radius 3 is 2.90 bits per heavy atom. The van der Waals surface area contributed by atoms with Gasteiger partial charge < -0.3 is 14.7 Å². The minimum absolute atomic E-state index is 0.471. The van der Waals surface area contributed by atoms with Gasteiger partial charge in [-0.05, 0) is 19.4 Å². The van der Waals surface area contributed by atoms with Gasteiger partial charge in [0.25, 0.3) is 0 Å². The van der Waals surface area contributed by atoms with Crippen molar-refractivity contribution in [2.24, 2.45) is 0 Å². The summed E-state index contributed by atoms with van der Waals surface area (Å²) in [6.45, 7) is 7.57. The molecule has 1 aromatic heterocycles. The van der Waals surface area contributed by atoms with Gasteiger partial charge in [-0.25, -0.2) is 4.98 Å². The first-order valence-electron chi connectivity index (χ1n) is 7.45. The number of nitrogens with zero attached hydrogens (tertiary/aromatic N) is 3. The third-order valence-electron chi connectivity index (χ3n) is 4.29. The van der Waals surface area contributed by atoms with Gasteiger partial charge in [0.05, 0.1) is 19.3 Å². The lowest BCUT2D eigenvalue weighted by Crippen LogP contribution is -2.44. The van der Waals surface area contributed by atoms with Crippen LogP contribution in [0.5, 0.6) is 0 Å². The Morgan fingerprint density at radius 2 is 2.15 bits per heavy atom. The molecule has 3 rings (SSSR count). The fourth-order valence-electron chi connectivity index (χ4n) is 3.17. The Hall–Kier alpha value is -1.17. The Kier molecular flexibility index (Phi) is 4.19. The highest BCUT2D eigenvalue weighted by Crippen LogP contribution is 2.28. The standard InChI is InChI=1S/C15H23N3O2/c1-12(19)14-3-2-5-16-15(14)18-6-4-13(11-18)17-7-9-20-10-8-17/h2-3,5,12-13,19H,4,6-11H2,1H3. The van der Waals surface area contributed by atoms with E-state index in [-0.39, 0.29) is 0 Å². The summed E-state index contributed by atoms with van der Waals surface area (Å²) in [6.07, 6.45) is 2.50. The largest absolute Gasteiger partial charge is 0.389 e. The molecule has 5 heteroatoms. The van der Waals surface area contributed by atoms with Crippen LogP contribution in [0.4, 0.5) is 5.82 Å². The van der Waals surface area contributed by atoms with Crippen LogP contribution >= 0.6 is 0 Å². The summed E-state index contributed by atoms with van der Waals surface area (Å²) in [5.74, 6) is 0.943. The lowest BCUT2D eigenvalue weighted by molar-refractivity contribution is 0.0209. The van der Waals surface area contributed by atoms with E-state index in [2.05, 4.69) is 14.8 Å². The third-order valence-corrected chi connectivity index (χ3v) is 4.29. The smallest absolute Gasteiger partial charge is 0.134 e. The molecule has 5 nitrogen and oxygen atoms in total. The average Bonchev–Trinajstić information content (AvgIpc) is 2.98. The van der Waals surface area contributed by atoms with Crippen LogP contribution in [0.3, 0.4) is 0 Å². The lowest BCUT2D eigenvalue weighted by atomic mass is 10.1. The van der Waals surface area contributed by atoms with Crippen LogP contribution in [0, 0.1) is 0 Å². The third kappa shape index (κ3) is 2.80. The summed E-state index contributed by atoms with van der Waals surface area (Å²) in [5.41, 5.74) is 0.926. The molecule has 2 saturated heterocycles. The first-order chi connectivity index (χ1) is 9.75. The van der Waals surface area contributed by atoms with Gasteiger partial charge in [0.15, 0.2) is 0 Å². The molecule has 3 heterocycles. The maximum Gasteiger partial charge on any atom is 0.134 e. The molecule has 2 aliphatic heterocycles. The number of pyridine rings is 1. The monoisotopic (exact) mass is 277 g/mol. The second kappa shape index (κ2) is 6.08. The predicted octanol–water partition coefficient (Wildman–Crippen LogP) is 1.05. The summed E-state index contributed by atoms with van der Waals surface area (Å²) >= 11 is 0. The summed E-state index contributed by atoms with van der Waals surface area (Å²) in [5, 5.41) is 9.89. The number of anilines is 1. The minimum atomic E-state index is -0.471. The molecule has 0 saturated carbocycles. The van der Waals surface area contributed by atoms with E-state index in [1.807, 2.05) is 18.3 Å². The van der Waals surface area contributed by atoms with Crippen molar-refractivity contribution in [3.8, 4) is 0 Å². The van der Waals surface area contributed by atoms with Gasteiger partial charge in [-0.2, -0.15) is 0 Å². The van der Waals surface area contributed by atoms with Gasteiger partial charge in [-0.15, -0.1) is 0 Å². The van der Waals surface area contributed by atoms with Gasteiger partial charge in [0, 0.05) is 44.0 Å². The number of morpholine rings is 1. The predicted molar refractivity (Wildman–Crippen MR) is 77.9 cm³/mol. The number of rotatable bonds is 3. The molecule has 2 fully saturated rings. The van der Waals surface area contributed by atoms with Crippen molar-refractivity contribution in [1.82, 2.24) is 9.88 Å².